The number of amides is 1. The quantitative estimate of drug-likeness (QED) is 0.513. The highest BCUT2D eigenvalue weighted by Crippen LogP contribution is 2.27. The van der Waals surface area contributed by atoms with E-state index in [0.29, 0.717) is 31.7 Å². The zero-order valence-corrected chi connectivity index (χ0v) is 10.8. The third-order valence-electron chi connectivity index (χ3n) is 3.23. The number of rotatable bonds is 3. The lowest BCUT2D eigenvalue weighted by Crippen LogP contribution is -2.38. The number of hydrogen-bond acceptors (Lipinski definition) is 5. The molecule has 102 valence electrons. The smallest absolute Gasteiger partial charge is 0.306 e. The van der Waals surface area contributed by atoms with E-state index >= 15 is 0 Å². The molecule has 0 atom stereocenters. The van der Waals surface area contributed by atoms with Crippen molar-refractivity contribution in [3.05, 3.63) is 27.4 Å². The molecule has 19 heavy (non-hydrogen) atoms. The molecule has 0 unspecified atom stereocenters. The summed E-state index contributed by atoms with van der Waals surface area (Å²) >= 11 is 5.77. The number of nitrogens with zero attached hydrogens (tertiary/aromatic N) is 3. The van der Waals surface area contributed by atoms with Crippen LogP contribution in [0, 0.1) is 16.0 Å². The Kier molecular flexibility index (Phi) is 3.84. The molecule has 2 heterocycles. The lowest BCUT2D eigenvalue weighted by molar-refractivity contribution is -0.385. The lowest BCUT2D eigenvalue weighted by Gasteiger charge is -2.31. The summed E-state index contributed by atoms with van der Waals surface area (Å²) in [6, 6.07) is 2.90. The van der Waals surface area contributed by atoms with E-state index in [2.05, 4.69) is 4.98 Å². The van der Waals surface area contributed by atoms with E-state index in [1.165, 1.54) is 6.07 Å². The van der Waals surface area contributed by atoms with Gasteiger partial charge in [0.15, 0.2) is 0 Å². The van der Waals surface area contributed by atoms with Crippen LogP contribution in [0.15, 0.2) is 12.1 Å². The van der Waals surface area contributed by atoms with Gasteiger partial charge in [-0.2, -0.15) is 0 Å². The maximum Gasteiger partial charge on any atom is 0.306 e. The average molecular weight is 285 g/mol. The fourth-order valence-electron chi connectivity index (χ4n) is 2.12. The van der Waals surface area contributed by atoms with Crippen molar-refractivity contribution in [1.82, 2.24) is 4.98 Å². The summed E-state index contributed by atoms with van der Waals surface area (Å²) < 4.78 is 0. The number of pyridine rings is 1. The van der Waals surface area contributed by atoms with Crippen LogP contribution in [0.2, 0.25) is 5.15 Å². The summed E-state index contributed by atoms with van der Waals surface area (Å²) in [7, 11) is 0. The summed E-state index contributed by atoms with van der Waals surface area (Å²) in [5.74, 6) is 0.192. The van der Waals surface area contributed by atoms with Gasteiger partial charge in [-0.05, 0) is 18.9 Å². The predicted molar refractivity (Wildman–Crippen MR) is 70.0 cm³/mol. The van der Waals surface area contributed by atoms with Gasteiger partial charge >= 0.3 is 5.69 Å². The summed E-state index contributed by atoms with van der Waals surface area (Å²) in [5, 5.41) is 10.5. The van der Waals surface area contributed by atoms with Crippen LogP contribution < -0.4 is 10.6 Å². The van der Waals surface area contributed by atoms with Gasteiger partial charge in [-0.15, -0.1) is 0 Å². The molecule has 0 aromatic carbocycles. The molecule has 1 aromatic heterocycles. The van der Waals surface area contributed by atoms with Crippen LogP contribution >= 0.6 is 11.6 Å². The van der Waals surface area contributed by atoms with Crippen LogP contribution in [0.1, 0.15) is 12.8 Å². The van der Waals surface area contributed by atoms with Crippen molar-refractivity contribution >= 4 is 29.0 Å². The molecule has 1 aliphatic rings. The first kappa shape index (κ1) is 13.5. The number of aromatic nitrogens is 1. The molecule has 2 N–H and O–H groups in total. The standard InChI is InChI=1S/C11H13ClN4O3/c12-10-8(16(18)19)1-2-9(14-10)15-5-3-7(4-6-15)11(13)17/h1-2,7H,3-6H2,(H2,13,17). The second-order valence-electron chi connectivity index (χ2n) is 4.40. The molecule has 1 fully saturated rings. The van der Waals surface area contributed by atoms with Gasteiger partial charge in [0.05, 0.1) is 4.92 Å². The molecule has 1 aromatic rings. The van der Waals surface area contributed by atoms with Crippen LogP contribution in [-0.2, 0) is 4.79 Å². The van der Waals surface area contributed by atoms with Crippen LogP contribution in [0.4, 0.5) is 11.5 Å². The van der Waals surface area contributed by atoms with E-state index in [9.17, 15) is 14.9 Å². The highest BCUT2D eigenvalue weighted by Gasteiger charge is 2.25. The molecule has 1 saturated heterocycles. The molecule has 1 aliphatic heterocycles. The Balaban J connectivity index is 2.10. The topological polar surface area (TPSA) is 102 Å². The third kappa shape index (κ3) is 2.93. The Morgan fingerprint density at radius 1 is 1.47 bits per heavy atom. The van der Waals surface area contributed by atoms with Gasteiger partial charge in [-0.1, -0.05) is 11.6 Å². The van der Waals surface area contributed by atoms with E-state index in [-0.39, 0.29) is 22.7 Å². The summed E-state index contributed by atoms with van der Waals surface area (Å²) in [6.45, 7) is 1.27. The van der Waals surface area contributed by atoms with Gasteiger partial charge in [-0.3, -0.25) is 14.9 Å². The Hall–Kier alpha value is -1.89. The highest BCUT2D eigenvalue weighted by molar-refractivity contribution is 6.31. The van der Waals surface area contributed by atoms with E-state index in [4.69, 9.17) is 17.3 Å². The number of carbonyl (C=O) groups is 1. The largest absolute Gasteiger partial charge is 0.369 e. The minimum atomic E-state index is -0.571. The zero-order valence-electron chi connectivity index (χ0n) is 10.1. The molecule has 0 spiro atoms. The van der Waals surface area contributed by atoms with Gasteiger partial charge in [0.2, 0.25) is 11.1 Å². The van der Waals surface area contributed by atoms with Gasteiger partial charge in [-0.25, -0.2) is 4.98 Å². The number of nitro groups is 1. The number of halogens is 1. The molecule has 1 amide bonds. The number of anilines is 1. The van der Waals surface area contributed by atoms with Gasteiger partial charge in [0.25, 0.3) is 0 Å². The van der Waals surface area contributed by atoms with Crippen molar-refractivity contribution in [2.45, 2.75) is 12.8 Å². The Bertz CT molecular complexity index is 515. The molecule has 2 rings (SSSR count). The van der Waals surface area contributed by atoms with E-state index in [1.807, 2.05) is 4.90 Å². The van der Waals surface area contributed by atoms with Crippen molar-refractivity contribution in [3.8, 4) is 0 Å². The van der Waals surface area contributed by atoms with Gasteiger partial charge < -0.3 is 10.6 Å². The monoisotopic (exact) mass is 284 g/mol. The number of nitrogens with two attached hydrogens (primary N) is 1. The second-order valence-corrected chi connectivity index (χ2v) is 4.76. The normalized spacial score (nSPS) is 16.4. The van der Waals surface area contributed by atoms with Gasteiger partial charge in [0.1, 0.15) is 5.82 Å². The summed E-state index contributed by atoms with van der Waals surface area (Å²) in [6.07, 6.45) is 1.32. The van der Waals surface area contributed by atoms with E-state index in [1.54, 1.807) is 6.07 Å². The van der Waals surface area contributed by atoms with Crippen molar-refractivity contribution in [1.29, 1.82) is 0 Å². The first-order valence-corrected chi connectivity index (χ1v) is 6.22. The maximum absolute atomic E-state index is 11.1. The summed E-state index contributed by atoms with van der Waals surface area (Å²) in [5.41, 5.74) is 5.05. The molecule has 0 aliphatic carbocycles. The van der Waals surface area contributed by atoms with Crippen LogP contribution in [0.25, 0.3) is 0 Å². The Morgan fingerprint density at radius 3 is 2.58 bits per heavy atom. The van der Waals surface area contributed by atoms with Crippen LogP contribution in [-0.4, -0.2) is 28.9 Å². The summed E-state index contributed by atoms with van der Waals surface area (Å²) in [4.78, 5) is 27.1. The molecular formula is C11H13ClN4O3. The first-order valence-electron chi connectivity index (χ1n) is 5.84. The number of hydrogen-bond donors (Lipinski definition) is 1. The Labute approximate surface area is 114 Å². The fraction of sp³-hybridized carbons (Fsp3) is 0.455. The van der Waals surface area contributed by atoms with E-state index in [0.717, 1.165) is 0 Å². The van der Waals surface area contributed by atoms with Crippen molar-refractivity contribution in [2.24, 2.45) is 11.7 Å². The molecular weight excluding hydrogens is 272 g/mol. The molecule has 8 heteroatoms. The van der Waals surface area contributed by atoms with E-state index < -0.39 is 4.92 Å². The van der Waals surface area contributed by atoms with Crippen molar-refractivity contribution in [3.63, 3.8) is 0 Å². The third-order valence-corrected chi connectivity index (χ3v) is 3.51. The number of primary amides is 1. The van der Waals surface area contributed by atoms with Crippen molar-refractivity contribution in [2.75, 3.05) is 18.0 Å². The number of piperidine rings is 1. The highest BCUT2D eigenvalue weighted by atomic mass is 35.5. The maximum atomic E-state index is 11.1. The number of carbonyl (C=O) groups excluding carboxylic acids is 1. The Morgan fingerprint density at radius 2 is 2.11 bits per heavy atom. The first-order chi connectivity index (χ1) is 8.99. The zero-order chi connectivity index (χ0) is 14.0. The van der Waals surface area contributed by atoms with Crippen LogP contribution in [0.3, 0.4) is 0 Å². The second kappa shape index (κ2) is 5.40. The SMILES string of the molecule is NC(=O)C1CCN(c2ccc([N+](=O)[O-])c(Cl)n2)CC1. The predicted octanol–water partition coefficient (Wildman–Crippen LogP) is 1.34. The lowest BCUT2D eigenvalue weighted by atomic mass is 9.96. The molecule has 0 saturated carbocycles. The molecule has 0 bridgehead atoms. The van der Waals surface area contributed by atoms with Gasteiger partial charge in [0, 0.05) is 25.1 Å². The minimum Gasteiger partial charge on any atom is -0.369 e. The van der Waals surface area contributed by atoms with Crippen molar-refractivity contribution < 1.29 is 9.72 Å². The minimum absolute atomic E-state index is 0.107. The molecule has 0 radical (unpaired) electrons. The average Bonchev–Trinajstić information content (AvgIpc) is 2.38. The molecule has 7 nitrogen and oxygen atoms in total. The fourth-order valence-corrected chi connectivity index (χ4v) is 2.34. The van der Waals surface area contributed by atoms with Crippen LogP contribution in [0.5, 0.6) is 0 Å².